The van der Waals surface area contributed by atoms with Crippen molar-refractivity contribution in [2.24, 2.45) is 5.92 Å². The molecule has 0 rings (SSSR count). The van der Waals surface area contributed by atoms with E-state index in [2.05, 4.69) is 55.7 Å². The summed E-state index contributed by atoms with van der Waals surface area (Å²) in [5.41, 5.74) is 0. The van der Waals surface area contributed by atoms with E-state index in [0.29, 0.717) is 12.8 Å². The number of unbranched alkanes of at least 4 members (excludes halogenated alkanes) is 9. The zero-order valence-corrected chi connectivity index (χ0v) is 34.9. The molecule has 5 atom stereocenters. The largest absolute Gasteiger partial charge is 0.472 e. The summed E-state index contributed by atoms with van der Waals surface area (Å²) in [5.74, 6) is -0.448. The van der Waals surface area contributed by atoms with E-state index < -0.39 is 70.6 Å². The molecule has 0 bridgehead atoms. The zero-order chi connectivity index (χ0) is 41.0. The Kier molecular flexibility index (Phi) is 34.8. The van der Waals surface area contributed by atoms with Gasteiger partial charge in [0, 0.05) is 12.8 Å². The molecule has 320 valence electrons. The highest BCUT2D eigenvalue weighted by Gasteiger charge is 2.27. The van der Waals surface area contributed by atoms with Gasteiger partial charge in [-0.15, -0.1) is 0 Å². The Morgan fingerprint density at radius 2 is 1.13 bits per heavy atom. The van der Waals surface area contributed by atoms with Gasteiger partial charge in [-0.2, -0.15) is 0 Å². The molecule has 55 heavy (non-hydrogen) atoms. The van der Waals surface area contributed by atoms with E-state index in [1.807, 2.05) is 18.2 Å². The van der Waals surface area contributed by atoms with Crippen molar-refractivity contribution in [1.29, 1.82) is 0 Å². The number of ether oxygens (including phenoxy) is 2. The topological polar surface area (TPSA) is 189 Å². The first kappa shape index (κ1) is 52.9. The molecule has 0 heterocycles. The number of phosphoric acid groups is 1. The van der Waals surface area contributed by atoms with Crippen molar-refractivity contribution in [3.05, 3.63) is 48.6 Å². The first-order valence-corrected chi connectivity index (χ1v) is 22.1. The maximum atomic E-state index is 12.6. The lowest BCUT2D eigenvalue weighted by molar-refractivity contribution is -0.161. The van der Waals surface area contributed by atoms with Crippen LogP contribution < -0.4 is 0 Å². The summed E-state index contributed by atoms with van der Waals surface area (Å²) in [7, 11) is -4.68. The van der Waals surface area contributed by atoms with Crippen LogP contribution in [0.3, 0.4) is 0 Å². The van der Waals surface area contributed by atoms with Crippen molar-refractivity contribution >= 4 is 19.8 Å². The highest BCUT2D eigenvalue weighted by Crippen LogP contribution is 2.43. The van der Waals surface area contributed by atoms with Gasteiger partial charge in [-0.1, -0.05) is 134 Å². The van der Waals surface area contributed by atoms with Gasteiger partial charge in [0.1, 0.15) is 12.7 Å². The monoisotopic (exact) mass is 802 g/mol. The van der Waals surface area contributed by atoms with Crippen molar-refractivity contribution in [2.75, 3.05) is 26.4 Å². The van der Waals surface area contributed by atoms with E-state index in [1.165, 1.54) is 44.9 Å². The van der Waals surface area contributed by atoms with Crippen LogP contribution in [0.1, 0.15) is 149 Å². The van der Waals surface area contributed by atoms with E-state index in [4.69, 9.17) is 19.1 Å². The summed E-state index contributed by atoms with van der Waals surface area (Å²) in [6.45, 7) is 4.20. The lowest BCUT2D eigenvalue weighted by Crippen LogP contribution is -2.30. The minimum Gasteiger partial charge on any atom is -0.462 e. The summed E-state index contributed by atoms with van der Waals surface area (Å²) >= 11 is 0. The molecule has 0 aliphatic carbocycles. The van der Waals surface area contributed by atoms with Crippen LogP contribution in [0.4, 0.5) is 0 Å². The number of carbonyl (C=O) groups is 2. The third kappa shape index (κ3) is 36.0. The molecule has 0 aromatic heterocycles. The summed E-state index contributed by atoms with van der Waals surface area (Å²) in [6, 6.07) is 0. The van der Waals surface area contributed by atoms with Gasteiger partial charge in [0.2, 0.25) is 0 Å². The predicted molar refractivity (Wildman–Crippen MR) is 217 cm³/mol. The molecule has 0 fully saturated rings. The molecular weight excluding hydrogens is 727 g/mol. The van der Waals surface area contributed by atoms with Crippen molar-refractivity contribution in [1.82, 2.24) is 0 Å². The molecule has 0 spiro atoms. The van der Waals surface area contributed by atoms with E-state index in [-0.39, 0.29) is 32.1 Å². The number of rotatable bonds is 37. The third-order valence-corrected chi connectivity index (χ3v) is 9.58. The number of aliphatic hydroxyl groups excluding tert-OH is 4. The second-order valence-electron chi connectivity index (χ2n) is 14.4. The SMILES string of the molecule is CC/C=C\C/C=C\C/C=C\C/C=C\C[C@H](O)[C@@H](O)CCCC(=O)OC[C@H](COP(=O)(O)OC[C@@H](O)CO)OC(=O)CCCCCCCCCCCCC(C)C. The Hall–Kier alpha value is -2.15. The van der Waals surface area contributed by atoms with Gasteiger partial charge in [-0.05, 0) is 57.3 Å². The Morgan fingerprint density at radius 3 is 1.69 bits per heavy atom. The molecular formula is C42H75O12P. The van der Waals surface area contributed by atoms with Crippen LogP contribution in [0.2, 0.25) is 0 Å². The summed E-state index contributed by atoms with van der Waals surface area (Å²) in [6.07, 6.45) is 28.4. The van der Waals surface area contributed by atoms with Crippen LogP contribution in [0.25, 0.3) is 0 Å². The maximum Gasteiger partial charge on any atom is 0.472 e. The number of hydrogen-bond acceptors (Lipinski definition) is 11. The van der Waals surface area contributed by atoms with Gasteiger partial charge in [0.05, 0.1) is 32.0 Å². The zero-order valence-electron chi connectivity index (χ0n) is 34.0. The van der Waals surface area contributed by atoms with Gasteiger partial charge >= 0.3 is 19.8 Å². The van der Waals surface area contributed by atoms with Crippen molar-refractivity contribution in [3.63, 3.8) is 0 Å². The van der Waals surface area contributed by atoms with Crippen LogP contribution >= 0.6 is 7.82 Å². The van der Waals surface area contributed by atoms with Crippen molar-refractivity contribution in [2.45, 2.75) is 174 Å². The van der Waals surface area contributed by atoms with Crippen LogP contribution in [0.5, 0.6) is 0 Å². The number of hydrogen-bond donors (Lipinski definition) is 5. The Bertz CT molecular complexity index is 1110. The van der Waals surface area contributed by atoms with Crippen LogP contribution in [0, 0.1) is 5.92 Å². The van der Waals surface area contributed by atoms with Crippen LogP contribution in [-0.4, -0.2) is 88.1 Å². The molecule has 0 aliphatic rings. The lowest BCUT2D eigenvalue weighted by Gasteiger charge is -2.20. The number of allylic oxidation sites excluding steroid dienone is 7. The molecule has 13 heteroatoms. The summed E-state index contributed by atoms with van der Waals surface area (Å²) in [4.78, 5) is 35.0. The van der Waals surface area contributed by atoms with E-state index in [1.54, 1.807) is 0 Å². The molecule has 0 aliphatic heterocycles. The highest BCUT2D eigenvalue weighted by atomic mass is 31.2. The average Bonchev–Trinajstić information content (AvgIpc) is 3.15. The molecule has 12 nitrogen and oxygen atoms in total. The van der Waals surface area contributed by atoms with Crippen molar-refractivity contribution < 1.29 is 58.0 Å². The number of aliphatic hydroxyl groups is 4. The lowest BCUT2D eigenvalue weighted by atomic mass is 10.0. The first-order valence-electron chi connectivity index (χ1n) is 20.6. The van der Waals surface area contributed by atoms with E-state index in [9.17, 15) is 34.4 Å². The van der Waals surface area contributed by atoms with Crippen LogP contribution in [-0.2, 0) is 32.7 Å². The summed E-state index contributed by atoms with van der Waals surface area (Å²) < 4.78 is 32.5. The van der Waals surface area contributed by atoms with Gasteiger partial charge in [0.25, 0.3) is 0 Å². The standard InChI is InChI=1S/C42H75O12P/c1-4-5-6-7-8-9-10-11-15-18-21-24-28-39(45)40(46)29-26-31-41(47)51-34-38(35-53-55(49,50)52-33-37(44)32-43)54-42(48)30-25-22-19-16-13-12-14-17-20-23-27-36(2)3/h5-6,8-9,11,15,21,24,36-40,43-46H,4,7,10,12-14,16-20,22-23,25-35H2,1-3H3,(H,49,50)/b6-5-,9-8-,15-11-,24-21-/t37-,38+,39-,40-/m0/s1. The second-order valence-corrected chi connectivity index (χ2v) is 15.9. The molecule has 1 unspecified atom stereocenters. The third-order valence-electron chi connectivity index (χ3n) is 8.63. The average molecular weight is 803 g/mol. The van der Waals surface area contributed by atoms with E-state index in [0.717, 1.165) is 44.4 Å². The van der Waals surface area contributed by atoms with Gasteiger partial charge < -0.3 is 34.8 Å². The van der Waals surface area contributed by atoms with Crippen LogP contribution in [0.15, 0.2) is 48.6 Å². The number of esters is 2. The first-order chi connectivity index (χ1) is 26.4. The Morgan fingerprint density at radius 1 is 0.618 bits per heavy atom. The molecule has 5 N–H and O–H groups in total. The fourth-order valence-corrected chi connectivity index (χ4v) is 6.11. The van der Waals surface area contributed by atoms with Gasteiger partial charge in [-0.25, -0.2) is 4.57 Å². The Labute approximate surface area is 331 Å². The quantitative estimate of drug-likeness (QED) is 0.0175. The molecule has 0 saturated heterocycles. The number of carbonyl (C=O) groups excluding carboxylic acids is 2. The Balaban J connectivity index is 4.58. The molecule has 0 radical (unpaired) electrons. The van der Waals surface area contributed by atoms with Crippen molar-refractivity contribution in [3.8, 4) is 0 Å². The normalized spacial score (nSPS) is 15.7. The molecule has 0 saturated carbocycles. The predicted octanol–water partition coefficient (Wildman–Crippen LogP) is 8.35. The maximum absolute atomic E-state index is 12.6. The van der Waals surface area contributed by atoms with E-state index >= 15 is 0 Å². The minimum absolute atomic E-state index is 0.0753. The number of phosphoric ester groups is 1. The molecule has 0 aromatic rings. The smallest absolute Gasteiger partial charge is 0.462 e. The summed E-state index contributed by atoms with van der Waals surface area (Å²) in [5, 5.41) is 38.9. The molecule has 0 amide bonds. The highest BCUT2D eigenvalue weighted by molar-refractivity contribution is 7.47. The fourth-order valence-electron chi connectivity index (χ4n) is 5.32. The molecule has 0 aromatic carbocycles. The van der Waals surface area contributed by atoms with Gasteiger partial charge in [0.15, 0.2) is 6.10 Å². The second kappa shape index (κ2) is 36.2. The fraction of sp³-hybridized carbons (Fsp3) is 0.762. The minimum atomic E-state index is -4.68. The van der Waals surface area contributed by atoms with Gasteiger partial charge in [-0.3, -0.25) is 18.6 Å².